The van der Waals surface area contributed by atoms with Crippen molar-refractivity contribution < 1.29 is 18.0 Å². The summed E-state index contributed by atoms with van der Waals surface area (Å²) >= 11 is 5.90. The summed E-state index contributed by atoms with van der Waals surface area (Å²) in [5.41, 5.74) is 1.09. The van der Waals surface area contributed by atoms with Gasteiger partial charge in [-0.1, -0.05) is 18.0 Å². The Morgan fingerprint density at radius 3 is 2.21 bits per heavy atom. The minimum atomic E-state index is -3.51. The molecule has 2 aliphatic rings. The van der Waals surface area contributed by atoms with E-state index < -0.39 is 10.0 Å². The molecule has 2 amide bonds. The minimum Gasteiger partial charge on any atom is -0.338 e. The van der Waals surface area contributed by atoms with Gasteiger partial charge in [0.15, 0.2) is 0 Å². The van der Waals surface area contributed by atoms with E-state index in [1.54, 1.807) is 41.3 Å². The van der Waals surface area contributed by atoms with Crippen LogP contribution in [0.15, 0.2) is 53.4 Å². The van der Waals surface area contributed by atoms with E-state index >= 15 is 0 Å². The van der Waals surface area contributed by atoms with Crippen molar-refractivity contribution in [1.82, 2.24) is 9.21 Å². The summed E-state index contributed by atoms with van der Waals surface area (Å²) in [4.78, 5) is 27.6. The minimum absolute atomic E-state index is 0.114. The Balaban J connectivity index is 1.37. The van der Waals surface area contributed by atoms with E-state index in [1.165, 1.54) is 16.4 Å². The largest absolute Gasteiger partial charge is 0.338 e. The lowest BCUT2D eigenvalue weighted by atomic mass is 9.96. The second-order valence-electron chi connectivity index (χ2n) is 8.58. The molecule has 176 valence electrons. The highest BCUT2D eigenvalue weighted by Crippen LogP contribution is 2.24. The van der Waals surface area contributed by atoms with Gasteiger partial charge in [-0.15, -0.1) is 0 Å². The fourth-order valence-electron chi connectivity index (χ4n) is 4.36. The molecular weight excluding hydrogens is 462 g/mol. The summed E-state index contributed by atoms with van der Waals surface area (Å²) in [5, 5.41) is 3.44. The Morgan fingerprint density at radius 2 is 1.55 bits per heavy atom. The molecular formula is C24H28ClN3O4S. The van der Waals surface area contributed by atoms with Gasteiger partial charge in [-0.3, -0.25) is 9.59 Å². The van der Waals surface area contributed by atoms with E-state index in [1.807, 2.05) is 0 Å². The molecule has 0 aliphatic carbocycles. The van der Waals surface area contributed by atoms with Gasteiger partial charge in [0.1, 0.15) is 0 Å². The third kappa shape index (κ3) is 5.57. The van der Waals surface area contributed by atoms with Crippen LogP contribution < -0.4 is 5.32 Å². The zero-order valence-electron chi connectivity index (χ0n) is 18.4. The molecule has 2 aliphatic heterocycles. The van der Waals surface area contributed by atoms with E-state index in [2.05, 4.69) is 5.32 Å². The van der Waals surface area contributed by atoms with Crippen LogP contribution >= 0.6 is 11.6 Å². The normalized spacial score (nSPS) is 19.8. The summed E-state index contributed by atoms with van der Waals surface area (Å²) in [5.74, 6) is -0.613. The Bertz CT molecular complexity index is 1100. The molecule has 33 heavy (non-hydrogen) atoms. The molecule has 1 atom stereocenters. The number of anilines is 1. The van der Waals surface area contributed by atoms with Crippen LogP contribution in [-0.2, 0) is 14.8 Å². The molecule has 2 aromatic carbocycles. The molecule has 0 bridgehead atoms. The number of amides is 2. The summed E-state index contributed by atoms with van der Waals surface area (Å²) in [6.45, 7) is 2.05. The van der Waals surface area contributed by atoms with Crippen LogP contribution in [0.4, 0.5) is 5.69 Å². The van der Waals surface area contributed by atoms with Crippen molar-refractivity contribution in [3.8, 4) is 0 Å². The number of sulfonamides is 1. The van der Waals surface area contributed by atoms with Crippen LogP contribution in [0.1, 0.15) is 42.5 Å². The van der Waals surface area contributed by atoms with Crippen LogP contribution in [0.3, 0.4) is 0 Å². The molecule has 9 heteroatoms. The first kappa shape index (κ1) is 23.7. The molecule has 0 aromatic heterocycles. The lowest BCUT2D eigenvalue weighted by molar-refractivity contribution is -0.121. The smallest absolute Gasteiger partial charge is 0.253 e. The van der Waals surface area contributed by atoms with E-state index in [0.717, 1.165) is 25.7 Å². The van der Waals surface area contributed by atoms with Gasteiger partial charge in [0.2, 0.25) is 15.9 Å². The number of carbonyl (C=O) groups is 2. The number of nitrogens with zero attached hydrogens (tertiary/aromatic N) is 2. The fourth-order valence-corrected chi connectivity index (χ4v) is 6.00. The second-order valence-corrected chi connectivity index (χ2v) is 10.9. The Kier molecular flexibility index (Phi) is 7.36. The van der Waals surface area contributed by atoms with Gasteiger partial charge >= 0.3 is 0 Å². The van der Waals surface area contributed by atoms with Crippen molar-refractivity contribution in [1.29, 1.82) is 0 Å². The third-order valence-corrected chi connectivity index (χ3v) is 8.41. The van der Waals surface area contributed by atoms with Crippen molar-refractivity contribution >= 4 is 39.1 Å². The van der Waals surface area contributed by atoms with Gasteiger partial charge in [-0.2, -0.15) is 4.31 Å². The zero-order chi connectivity index (χ0) is 23.4. The van der Waals surface area contributed by atoms with Gasteiger partial charge in [0.05, 0.1) is 10.8 Å². The first-order valence-corrected chi connectivity index (χ1v) is 13.1. The van der Waals surface area contributed by atoms with Gasteiger partial charge in [-0.05, 0) is 74.2 Å². The Labute approximate surface area is 199 Å². The molecule has 2 aromatic rings. The van der Waals surface area contributed by atoms with Crippen molar-refractivity contribution in [3.05, 3.63) is 59.1 Å². The third-order valence-electron chi connectivity index (χ3n) is 6.25. The molecule has 4 rings (SSSR count). The number of benzene rings is 2. The zero-order valence-corrected chi connectivity index (χ0v) is 19.9. The summed E-state index contributed by atoms with van der Waals surface area (Å²) < 4.78 is 27.1. The molecule has 0 spiro atoms. The van der Waals surface area contributed by atoms with Crippen molar-refractivity contribution in [2.75, 3.05) is 31.5 Å². The van der Waals surface area contributed by atoms with E-state index in [-0.39, 0.29) is 22.6 Å². The topological polar surface area (TPSA) is 86.8 Å². The maximum Gasteiger partial charge on any atom is 0.253 e. The SMILES string of the molecule is O=C(Nc1ccc(S(=O)(=O)N2CCCCC2)cc1)[C@H]1CCCN(C(=O)c2ccc(Cl)cc2)C1. The molecule has 1 N–H and O–H groups in total. The van der Waals surface area contributed by atoms with Crippen LogP contribution in [0.5, 0.6) is 0 Å². The van der Waals surface area contributed by atoms with Gasteiger partial charge < -0.3 is 10.2 Å². The van der Waals surface area contributed by atoms with Crippen LogP contribution in [0.2, 0.25) is 5.02 Å². The molecule has 0 radical (unpaired) electrons. The van der Waals surface area contributed by atoms with E-state index in [4.69, 9.17) is 11.6 Å². The van der Waals surface area contributed by atoms with Gasteiger partial charge in [0, 0.05) is 42.5 Å². The Morgan fingerprint density at radius 1 is 0.879 bits per heavy atom. The average Bonchev–Trinajstić information content (AvgIpc) is 2.85. The molecule has 7 nitrogen and oxygen atoms in total. The quantitative estimate of drug-likeness (QED) is 0.687. The number of nitrogens with one attached hydrogen (secondary N) is 1. The van der Waals surface area contributed by atoms with Crippen molar-refractivity contribution in [3.63, 3.8) is 0 Å². The highest BCUT2D eigenvalue weighted by Gasteiger charge is 2.29. The summed E-state index contributed by atoms with van der Waals surface area (Å²) in [6.07, 6.45) is 4.25. The van der Waals surface area contributed by atoms with Crippen LogP contribution in [0.25, 0.3) is 0 Å². The highest BCUT2D eigenvalue weighted by atomic mass is 35.5. The van der Waals surface area contributed by atoms with Gasteiger partial charge in [0.25, 0.3) is 5.91 Å². The van der Waals surface area contributed by atoms with Gasteiger partial charge in [-0.25, -0.2) is 8.42 Å². The number of halogens is 1. The van der Waals surface area contributed by atoms with Crippen molar-refractivity contribution in [2.24, 2.45) is 5.92 Å². The number of hydrogen-bond acceptors (Lipinski definition) is 4. The number of carbonyl (C=O) groups excluding carboxylic acids is 2. The summed E-state index contributed by atoms with van der Waals surface area (Å²) in [7, 11) is -3.51. The molecule has 0 unspecified atom stereocenters. The number of likely N-dealkylation sites (tertiary alicyclic amines) is 1. The maximum atomic E-state index is 12.9. The van der Waals surface area contributed by atoms with E-state index in [0.29, 0.717) is 48.9 Å². The lowest BCUT2D eigenvalue weighted by Gasteiger charge is -2.32. The molecule has 0 saturated carbocycles. The van der Waals surface area contributed by atoms with E-state index in [9.17, 15) is 18.0 Å². The fraction of sp³-hybridized carbons (Fsp3) is 0.417. The first-order valence-electron chi connectivity index (χ1n) is 11.3. The predicted octanol–water partition coefficient (Wildman–Crippen LogP) is 4.01. The first-order chi connectivity index (χ1) is 15.8. The standard InChI is InChI=1S/C24H28ClN3O4S/c25-20-8-6-18(7-9-20)24(30)27-14-4-5-19(17-27)23(29)26-21-10-12-22(13-11-21)33(31,32)28-15-2-1-3-16-28/h6-13,19H,1-5,14-17H2,(H,26,29)/t19-/m0/s1. The van der Waals surface area contributed by atoms with Crippen molar-refractivity contribution in [2.45, 2.75) is 37.0 Å². The number of piperidine rings is 2. The lowest BCUT2D eigenvalue weighted by Crippen LogP contribution is -2.43. The second kappa shape index (κ2) is 10.2. The summed E-state index contributed by atoms with van der Waals surface area (Å²) in [6, 6.07) is 13.0. The average molecular weight is 490 g/mol. The monoisotopic (exact) mass is 489 g/mol. The molecule has 2 heterocycles. The number of hydrogen-bond donors (Lipinski definition) is 1. The molecule has 2 fully saturated rings. The number of rotatable bonds is 5. The van der Waals surface area contributed by atoms with Crippen LogP contribution in [0, 0.1) is 5.92 Å². The Hall–Kier alpha value is -2.42. The predicted molar refractivity (Wildman–Crippen MR) is 128 cm³/mol. The maximum absolute atomic E-state index is 12.9. The highest BCUT2D eigenvalue weighted by molar-refractivity contribution is 7.89. The molecule has 2 saturated heterocycles. The van der Waals surface area contributed by atoms with Crippen LogP contribution in [-0.4, -0.2) is 55.6 Å².